The van der Waals surface area contributed by atoms with Gasteiger partial charge in [-0.25, -0.2) is 0 Å². The van der Waals surface area contributed by atoms with Crippen molar-refractivity contribution in [3.05, 3.63) is 186 Å². The van der Waals surface area contributed by atoms with Gasteiger partial charge in [0.2, 0.25) is 0 Å². The second-order valence-electron chi connectivity index (χ2n) is 9.11. The fourth-order valence-electron chi connectivity index (χ4n) is 4.29. The topological polar surface area (TPSA) is 3.24 Å². The number of benzene rings is 5. The molecule has 0 unspecified atom stereocenters. The van der Waals surface area contributed by atoms with E-state index < -0.39 is 0 Å². The molecule has 0 aliphatic carbocycles. The van der Waals surface area contributed by atoms with Crippen LogP contribution in [0.1, 0.15) is 22.3 Å². The molecular formula is C38H31N. The lowest BCUT2D eigenvalue weighted by atomic mass is 10.1. The molecule has 0 heterocycles. The van der Waals surface area contributed by atoms with Gasteiger partial charge in [-0.2, -0.15) is 0 Å². The molecule has 5 aromatic rings. The lowest BCUT2D eigenvalue weighted by Crippen LogP contribution is -2.09. The van der Waals surface area contributed by atoms with E-state index in [-0.39, 0.29) is 0 Å². The minimum Gasteiger partial charge on any atom is -0.311 e. The smallest absolute Gasteiger partial charge is 0.0462 e. The molecule has 0 aliphatic rings. The zero-order chi connectivity index (χ0) is 26.5. The third-order valence-corrected chi connectivity index (χ3v) is 6.29. The third kappa shape index (κ3) is 7.44. The molecule has 0 fully saturated rings. The summed E-state index contributed by atoms with van der Waals surface area (Å²) in [5.74, 6) is 0. The van der Waals surface area contributed by atoms with E-state index in [4.69, 9.17) is 0 Å². The van der Waals surface area contributed by atoms with E-state index >= 15 is 0 Å². The Labute approximate surface area is 232 Å². The van der Waals surface area contributed by atoms with E-state index in [1.54, 1.807) is 0 Å². The van der Waals surface area contributed by atoms with Gasteiger partial charge in [-0.1, -0.05) is 152 Å². The molecule has 188 valence electrons. The summed E-state index contributed by atoms with van der Waals surface area (Å²) in [6.07, 6.45) is 16.8. The number of hydrogen-bond acceptors (Lipinski definition) is 1. The van der Waals surface area contributed by atoms with Crippen LogP contribution in [0.2, 0.25) is 0 Å². The first-order valence-corrected chi connectivity index (χ1v) is 13.2. The second-order valence-corrected chi connectivity index (χ2v) is 9.11. The third-order valence-electron chi connectivity index (χ3n) is 6.29. The molecule has 39 heavy (non-hydrogen) atoms. The van der Waals surface area contributed by atoms with Gasteiger partial charge in [-0.05, 0) is 58.7 Å². The maximum atomic E-state index is 2.28. The standard InChI is InChI=1S/C38H31N/c1-4-14-32(15-5-1)18-10-12-20-34-24-28-37(29-25-34)39(36-22-8-3-9-23-36)38-30-26-35(27-31-38)21-13-11-19-33-16-6-2-7-17-33/h1-31H. The van der Waals surface area contributed by atoms with Crippen LogP contribution < -0.4 is 4.90 Å². The van der Waals surface area contributed by atoms with Crippen LogP contribution in [0.15, 0.2) is 164 Å². The van der Waals surface area contributed by atoms with E-state index in [1.165, 1.54) is 11.1 Å². The molecule has 0 N–H and O–H groups in total. The van der Waals surface area contributed by atoms with E-state index in [0.717, 1.165) is 28.2 Å². The van der Waals surface area contributed by atoms with Crippen molar-refractivity contribution in [1.29, 1.82) is 0 Å². The molecule has 1 heteroatoms. The highest BCUT2D eigenvalue weighted by atomic mass is 15.1. The molecule has 5 aromatic carbocycles. The highest BCUT2D eigenvalue weighted by Gasteiger charge is 2.11. The van der Waals surface area contributed by atoms with Crippen molar-refractivity contribution in [1.82, 2.24) is 0 Å². The molecule has 0 bridgehead atoms. The van der Waals surface area contributed by atoms with Crippen molar-refractivity contribution < 1.29 is 0 Å². The number of para-hydroxylation sites is 1. The molecule has 0 aromatic heterocycles. The van der Waals surface area contributed by atoms with Gasteiger partial charge in [0.15, 0.2) is 0 Å². The van der Waals surface area contributed by atoms with Crippen LogP contribution in [0.25, 0.3) is 24.3 Å². The van der Waals surface area contributed by atoms with E-state index in [9.17, 15) is 0 Å². The highest BCUT2D eigenvalue weighted by molar-refractivity contribution is 5.77. The first kappa shape index (κ1) is 25.5. The zero-order valence-corrected chi connectivity index (χ0v) is 21.8. The average Bonchev–Trinajstić information content (AvgIpc) is 3.01. The van der Waals surface area contributed by atoms with Crippen molar-refractivity contribution >= 4 is 41.4 Å². The SMILES string of the molecule is C(C=Cc1ccc(N(c2ccccc2)c2ccc(C=CC=Cc3ccccc3)cc2)cc1)=Cc1ccccc1. The average molecular weight is 502 g/mol. The fraction of sp³-hybridized carbons (Fsp3) is 0. The van der Waals surface area contributed by atoms with Gasteiger partial charge in [0.25, 0.3) is 0 Å². The van der Waals surface area contributed by atoms with Gasteiger partial charge >= 0.3 is 0 Å². The minimum absolute atomic E-state index is 1.12. The van der Waals surface area contributed by atoms with Crippen molar-refractivity contribution in [2.45, 2.75) is 0 Å². The van der Waals surface area contributed by atoms with Crippen LogP contribution in [0, 0.1) is 0 Å². The summed E-state index contributed by atoms with van der Waals surface area (Å²) in [5.41, 5.74) is 8.07. The summed E-state index contributed by atoms with van der Waals surface area (Å²) in [6.45, 7) is 0. The number of nitrogens with zero attached hydrogens (tertiary/aromatic N) is 1. The summed E-state index contributed by atoms with van der Waals surface area (Å²) in [6, 6.07) is 48.5. The molecule has 0 saturated heterocycles. The lowest BCUT2D eigenvalue weighted by molar-refractivity contribution is 1.28. The van der Waals surface area contributed by atoms with Crippen molar-refractivity contribution in [2.75, 3.05) is 4.90 Å². The van der Waals surface area contributed by atoms with Crippen LogP contribution in [-0.2, 0) is 0 Å². The fourth-order valence-corrected chi connectivity index (χ4v) is 4.29. The van der Waals surface area contributed by atoms with Crippen molar-refractivity contribution in [3.63, 3.8) is 0 Å². The number of hydrogen-bond donors (Lipinski definition) is 0. The summed E-state index contributed by atoms with van der Waals surface area (Å²) in [5, 5.41) is 0. The predicted molar refractivity (Wildman–Crippen MR) is 170 cm³/mol. The van der Waals surface area contributed by atoms with E-state index in [0.29, 0.717) is 0 Å². The predicted octanol–water partition coefficient (Wildman–Crippen LogP) is 10.6. The van der Waals surface area contributed by atoms with E-state index in [2.05, 4.69) is 181 Å². The quantitative estimate of drug-likeness (QED) is 0.182. The Hall–Kier alpha value is -5.14. The Morgan fingerprint density at radius 1 is 0.282 bits per heavy atom. The molecule has 0 atom stereocenters. The first-order valence-electron chi connectivity index (χ1n) is 13.2. The van der Waals surface area contributed by atoms with Gasteiger partial charge in [0, 0.05) is 17.1 Å². The van der Waals surface area contributed by atoms with Crippen LogP contribution in [0.5, 0.6) is 0 Å². The lowest BCUT2D eigenvalue weighted by Gasteiger charge is -2.25. The first-order chi connectivity index (χ1) is 19.3. The Balaban J connectivity index is 1.31. The summed E-state index contributed by atoms with van der Waals surface area (Å²) in [7, 11) is 0. The maximum Gasteiger partial charge on any atom is 0.0462 e. The maximum absolute atomic E-state index is 2.28. The Morgan fingerprint density at radius 2 is 0.564 bits per heavy atom. The number of rotatable bonds is 9. The molecule has 5 rings (SSSR count). The minimum atomic E-state index is 1.12. The molecule has 1 nitrogen and oxygen atoms in total. The van der Waals surface area contributed by atoms with Crippen LogP contribution in [-0.4, -0.2) is 0 Å². The molecule has 0 amide bonds. The summed E-state index contributed by atoms with van der Waals surface area (Å²) < 4.78 is 0. The van der Waals surface area contributed by atoms with Crippen molar-refractivity contribution in [2.24, 2.45) is 0 Å². The Kier molecular flexibility index (Phi) is 8.78. The Morgan fingerprint density at radius 3 is 0.923 bits per heavy atom. The van der Waals surface area contributed by atoms with Crippen LogP contribution >= 0.6 is 0 Å². The number of anilines is 3. The largest absolute Gasteiger partial charge is 0.311 e. The molecule has 0 radical (unpaired) electrons. The van der Waals surface area contributed by atoms with Crippen LogP contribution in [0.3, 0.4) is 0 Å². The van der Waals surface area contributed by atoms with Gasteiger partial charge in [0.1, 0.15) is 0 Å². The van der Waals surface area contributed by atoms with Gasteiger partial charge < -0.3 is 4.90 Å². The number of allylic oxidation sites excluding steroid dienone is 4. The summed E-state index contributed by atoms with van der Waals surface area (Å²) in [4.78, 5) is 2.28. The molecular weight excluding hydrogens is 470 g/mol. The highest BCUT2D eigenvalue weighted by Crippen LogP contribution is 2.34. The second kappa shape index (κ2) is 13.4. The molecule has 0 saturated carbocycles. The summed E-state index contributed by atoms with van der Waals surface area (Å²) >= 11 is 0. The Bertz CT molecular complexity index is 1440. The van der Waals surface area contributed by atoms with Gasteiger partial charge in [-0.3, -0.25) is 0 Å². The molecule has 0 spiro atoms. The van der Waals surface area contributed by atoms with Crippen molar-refractivity contribution in [3.8, 4) is 0 Å². The normalized spacial score (nSPS) is 11.7. The van der Waals surface area contributed by atoms with Gasteiger partial charge in [-0.15, -0.1) is 0 Å². The zero-order valence-electron chi connectivity index (χ0n) is 21.8. The van der Waals surface area contributed by atoms with Crippen LogP contribution in [0.4, 0.5) is 17.1 Å². The monoisotopic (exact) mass is 501 g/mol. The van der Waals surface area contributed by atoms with Gasteiger partial charge in [0.05, 0.1) is 0 Å². The van der Waals surface area contributed by atoms with E-state index in [1.807, 2.05) is 12.1 Å². The molecule has 0 aliphatic heterocycles.